The minimum absolute atomic E-state index is 0.00958. The van der Waals surface area contributed by atoms with Crippen LogP contribution in [0.25, 0.3) is 0 Å². The van der Waals surface area contributed by atoms with Crippen LogP contribution < -0.4 is 11.1 Å². The van der Waals surface area contributed by atoms with Gasteiger partial charge >= 0.3 is 0 Å². The van der Waals surface area contributed by atoms with Crippen molar-refractivity contribution in [3.05, 3.63) is 65.0 Å². The first-order valence-corrected chi connectivity index (χ1v) is 6.47. The molecule has 21 heavy (non-hydrogen) atoms. The summed E-state index contributed by atoms with van der Waals surface area (Å²) in [5.41, 5.74) is 7.56. The van der Waals surface area contributed by atoms with E-state index in [4.69, 9.17) is 5.73 Å². The van der Waals surface area contributed by atoms with Crippen molar-refractivity contribution >= 4 is 11.6 Å². The van der Waals surface area contributed by atoms with E-state index in [1.165, 1.54) is 12.1 Å². The average Bonchev–Trinajstić information content (AvgIpc) is 2.48. The first kappa shape index (κ1) is 14.8. The van der Waals surface area contributed by atoms with E-state index < -0.39 is 11.7 Å². The van der Waals surface area contributed by atoms with Gasteiger partial charge in [0.05, 0.1) is 12.1 Å². The molecule has 0 aliphatic heterocycles. The van der Waals surface area contributed by atoms with E-state index in [-0.39, 0.29) is 12.1 Å². The van der Waals surface area contributed by atoms with Gasteiger partial charge in [-0.3, -0.25) is 4.79 Å². The van der Waals surface area contributed by atoms with E-state index in [1.54, 1.807) is 18.2 Å². The monoisotopic (exact) mass is 282 g/mol. The predicted octanol–water partition coefficient (Wildman–Crippen LogP) is 2.70. The highest BCUT2D eigenvalue weighted by molar-refractivity contribution is 6.04. The van der Waals surface area contributed by atoms with Crippen LogP contribution in [0, 0.1) is 24.6 Å². The first-order valence-electron chi connectivity index (χ1n) is 6.47. The van der Waals surface area contributed by atoms with Crippen LogP contribution in [0.3, 0.4) is 0 Å². The van der Waals surface area contributed by atoms with Crippen LogP contribution in [0.2, 0.25) is 0 Å². The molecule has 4 heteroatoms. The molecule has 1 amide bonds. The fraction of sp³-hybridized carbons (Fsp3) is 0.118. The molecule has 0 aromatic heterocycles. The number of carbonyl (C=O) groups is 1. The Morgan fingerprint density at radius 3 is 2.76 bits per heavy atom. The van der Waals surface area contributed by atoms with Crippen molar-refractivity contribution in [1.82, 2.24) is 0 Å². The zero-order valence-electron chi connectivity index (χ0n) is 11.6. The number of nitrogens with two attached hydrogens (primary N) is 1. The lowest BCUT2D eigenvalue weighted by Gasteiger charge is -2.09. The largest absolute Gasteiger partial charge is 0.322 e. The number of hydrogen-bond donors (Lipinski definition) is 2. The van der Waals surface area contributed by atoms with Crippen LogP contribution in [0.15, 0.2) is 42.5 Å². The van der Waals surface area contributed by atoms with E-state index in [1.807, 2.05) is 19.1 Å². The Morgan fingerprint density at radius 1 is 1.29 bits per heavy atom. The predicted molar refractivity (Wildman–Crippen MR) is 81.5 cm³/mol. The molecule has 2 aromatic carbocycles. The van der Waals surface area contributed by atoms with Gasteiger partial charge in [0.25, 0.3) is 5.91 Å². The van der Waals surface area contributed by atoms with Gasteiger partial charge in [0.15, 0.2) is 0 Å². The number of halogens is 1. The van der Waals surface area contributed by atoms with Gasteiger partial charge in [-0.1, -0.05) is 30.0 Å². The number of carbonyl (C=O) groups excluding carboxylic acids is 1. The number of nitrogens with one attached hydrogen (secondary N) is 1. The van der Waals surface area contributed by atoms with Gasteiger partial charge < -0.3 is 11.1 Å². The fourth-order valence-corrected chi connectivity index (χ4v) is 1.82. The summed E-state index contributed by atoms with van der Waals surface area (Å²) >= 11 is 0. The maximum absolute atomic E-state index is 13.6. The molecule has 0 fully saturated rings. The smallest absolute Gasteiger partial charge is 0.258 e. The van der Waals surface area contributed by atoms with E-state index >= 15 is 0 Å². The third-order valence-electron chi connectivity index (χ3n) is 2.94. The second-order valence-electron chi connectivity index (χ2n) is 4.47. The van der Waals surface area contributed by atoms with E-state index in [0.717, 1.165) is 11.1 Å². The van der Waals surface area contributed by atoms with Crippen molar-refractivity contribution in [2.24, 2.45) is 5.73 Å². The van der Waals surface area contributed by atoms with Crippen molar-refractivity contribution in [2.45, 2.75) is 6.92 Å². The molecule has 0 heterocycles. The highest BCUT2D eigenvalue weighted by atomic mass is 19.1. The van der Waals surface area contributed by atoms with Gasteiger partial charge in [-0.05, 0) is 36.8 Å². The number of anilines is 1. The van der Waals surface area contributed by atoms with Crippen LogP contribution in [0.4, 0.5) is 10.1 Å². The van der Waals surface area contributed by atoms with E-state index in [9.17, 15) is 9.18 Å². The summed E-state index contributed by atoms with van der Waals surface area (Å²) in [4.78, 5) is 12.1. The molecule has 0 spiro atoms. The summed E-state index contributed by atoms with van der Waals surface area (Å²) in [5, 5.41) is 2.71. The van der Waals surface area contributed by atoms with Crippen molar-refractivity contribution in [3.8, 4) is 11.8 Å². The number of rotatable bonds is 2. The lowest BCUT2D eigenvalue weighted by atomic mass is 10.1. The van der Waals surface area contributed by atoms with Gasteiger partial charge in [-0.25, -0.2) is 4.39 Å². The summed E-state index contributed by atoms with van der Waals surface area (Å²) in [6, 6.07) is 11.3. The zero-order chi connectivity index (χ0) is 15.2. The van der Waals surface area contributed by atoms with Crippen molar-refractivity contribution < 1.29 is 9.18 Å². The van der Waals surface area contributed by atoms with Crippen LogP contribution in [0.5, 0.6) is 0 Å². The van der Waals surface area contributed by atoms with Crippen molar-refractivity contribution in [1.29, 1.82) is 0 Å². The molecular formula is C17H15FN2O. The van der Waals surface area contributed by atoms with E-state index in [0.29, 0.717) is 5.69 Å². The van der Waals surface area contributed by atoms with Crippen LogP contribution >= 0.6 is 0 Å². The molecule has 0 aliphatic carbocycles. The molecule has 0 aliphatic rings. The quantitative estimate of drug-likeness (QED) is 0.832. The van der Waals surface area contributed by atoms with Gasteiger partial charge in [0.1, 0.15) is 5.82 Å². The first-order chi connectivity index (χ1) is 10.1. The summed E-state index contributed by atoms with van der Waals surface area (Å²) in [5.74, 6) is 4.61. The fourth-order valence-electron chi connectivity index (χ4n) is 1.82. The van der Waals surface area contributed by atoms with Crippen LogP contribution in [-0.4, -0.2) is 12.5 Å². The summed E-state index contributed by atoms with van der Waals surface area (Å²) in [6.45, 7) is 2.13. The molecule has 2 rings (SSSR count). The standard InChI is InChI=1S/C17H15FN2O/c1-12-8-9-13(5-4-10-19)11-16(12)20-17(21)14-6-2-3-7-15(14)18/h2-3,6-9,11H,10,19H2,1H3,(H,20,21). The minimum Gasteiger partial charge on any atom is -0.322 e. The molecule has 0 unspecified atom stereocenters. The Labute approximate surface area is 123 Å². The highest BCUT2D eigenvalue weighted by Gasteiger charge is 2.12. The summed E-state index contributed by atoms with van der Waals surface area (Å²) < 4.78 is 13.6. The average molecular weight is 282 g/mol. The lowest BCUT2D eigenvalue weighted by Crippen LogP contribution is -2.14. The maximum atomic E-state index is 13.6. The molecular weight excluding hydrogens is 267 g/mol. The number of aryl methyl sites for hydroxylation is 1. The molecule has 0 saturated carbocycles. The third kappa shape index (κ3) is 3.68. The highest BCUT2D eigenvalue weighted by Crippen LogP contribution is 2.18. The lowest BCUT2D eigenvalue weighted by molar-refractivity contribution is 0.102. The Morgan fingerprint density at radius 2 is 2.05 bits per heavy atom. The van der Waals surface area contributed by atoms with Crippen molar-refractivity contribution in [3.63, 3.8) is 0 Å². The normalized spacial score (nSPS) is 9.67. The maximum Gasteiger partial charge on any atom is 0.258 e. The Bertz CT molecular complexity index is 729. The minimum atomic E-state index is -0.549. The van der Waals surface area contributed by atoms with Gasteiger partial charge in [0.2, 0.25) is 0 Å². The molecule has 3 nitrogen and oxygen atoms in total. The van der Waals surface area contributed by atoms with E-state index in [2.05, 4.69) is 17.2 Å². The molecule has 3 N–H and O–H groups in total. The number of benzene rings is 2. The van der Waals surface area contributed by atoms with Crippen molar-refractivity contribution in [2.75, 3.05) is 11.9 Å². The van der Waals surface area contributed by atoms with Crippen LogP contribution in [-0.2, 0) is 0 Å². The SMILES string of the molecule is Cc1ccc(C#CCN)cc1NC(=O)c1ccccc1F. The molecule has 0 radical (unpaired) electrons. The third-order valence-corrected chi connectivity index (χ3v) is 2.94. The molecule has 0 saturated heterocycles. The number of hydrogen-bond acceptors (Lipinski definition) is 2. The Hall–Kier alpha value is -2.64. The molecule has 0 bridgehead atoms. The number of amides is 1. The summed E-state index contributed by atoms with van der Waals surface area (Å²) in [6.07, 6.45) is 0. The Balaban J connectivity index is 2.27. The van der Waals surface area contributed by atoms with Gasteiger partial charge in [-0.15, -0.1) is 0 Å². The second-order valence-corrected chi connectivity index (χ2v) is 4.47. The van der Waals surface area contributed by atoms with Crippen LogP contribution in [0.1, 0.15) is 21.5 Å². The molecule has 0 atom stereocenters. The molecule has 106 valence electrons. The van der Waals surface area contributed by atoms with Gasteiger partial charge in [0, 0.05) is 11.3 Å². The Kier molecular flexibility index (Phi) is 4.70. The topological polar surface area (TPSA) is 55.1 Å². The summed E-state index contributed by atoms with van der Waals surface area (Å²) in [7, 11) is 0. The van der Waals surface area contributed by atoms with Gasteiger partial charge in [-0.2, -0.15) is 0 Å². The second kappa shape index (κ2) is 6.69. The zero-order valence-corrected chi connectivity index (χ0v) is 11.6. The molecule has 2 aromatic rings.